The summed E-state index contributed by atoms with van der Waals surface area (Å²) in [6, 6.07) is 28.9. The van der Waals surface area contributed by atoms with E-state index in [4.69, 9.17) is 11.6 Å². The van der Waals surface area contributed by atoms with Crippen LogP contribution >= 0.6 is 27.5 Å². The maximum atomic E-state index is 14.6. The van der Waals surface area contributed by atoms with Crippen molar-refractivity contribution >= 4 is 55.1 Å². The fourth-order valence-corrected chi connectivity index (χ4v) is 6.82. The smallest absolute Gasteiger partial charge is 0.264 e. The zero-order valence-corrected chi connectivity index (χ0v) is 28.9. The largest absolute Gasteiger partial charge is 0.350 e. The van der Waals surface area contributed by atoms with Crippen LogP contribution in [0.15, 0.2) is 112 Å². The summed E-state index contributed by atoms with van der Waals surface area (Å²) in [6.45, 7) is 6.87. The topological polar surface area (TPSA) is 86.8 Å². The van der Waals surface area contributed by atoms with E-state index in [1.54, 1.807) is 43.3 Å². The number of carbonyl (C=O) groups excluding carboxylic acids is 2. The van der Waals surface area contributed by atoms with Gasteiger partial charge in [0.25, 0.3) is 10.0 Å². The average molecular weight is 711 g/mol. The number of nitrogens with one attached hydrogen (secondary N) is 1. The minimum Gasteiger partial charge on any atom is -0.350 e. The summed E-state index contributed by atoms with van der Waals surface area (Å²) in [5.41, 5.74) is 1.86. The molecule has 0 saturated carbocycles. The third-order valence-corrected chi connectivity index (χ3v) is 9.87. The highest BCUT2D eigenvalue weighted by molar-refractivity contribution is 9.10. The Kier molecular flexibility index (Phi) is 11.1. The highest BCUT2D eigenvalue weighted by Gasteiger charge is 2.36. The van der Waals surface area contributed by atoms with Crippen LogP contribution in [0.25, 0.3) is 0 Å². The second kappa shape index (κ2) is 14.6. The molecule has 10 heteroatoms. The molecular formula is C35H37BrClN3O4S. The van der Waals surface area contributed by atoms with Crippen molar-refractivity contribution in [1.82, 2.24) is 10.2 Å². The van der Waals surface area contributed by atoms with Gasteiger partial charge >= 0.3 is 0 Å². The molecular weight excluding hydrogens is 674 g/mol. The van der Waals surface area contributed by atoms with E-state index in [1.807, 2.05) is 75.4 Å². The Hall–Kier alpha value is -3.66. The van der Waals surface area contributed by atoms with Crippen LogP contribution in [-0.2, 0) is 32.6 Å². The van der Waals surface area contributed by atoms with Crippen molar-refractivity contribution in [2.75, 3.05) is 10.8 Å². The molecule has 0 saturated heterocycles. The Morgan fingerprint density at radius 1 is 0.844 bits per heavy atom. The van der Waals surface area contributed by atoms with Crippen molar-refractivity contribution < 1.29 is 18.0 Å². The van der Waals surface area contributed by atoms with Gasteiger partial charge < -0.3 is 10.2 Å². The first-order valence-corrected chi connectivity index (χ1v) is 17.1. The first kappa shape index (κ1) is 34.2. The van der Waals surface area contributed by atoms with Gasteiger partial charge in [0.2, 0.25) is 11.8 Å². The summed E-state index contributed by atoms with van der Waals surface area (Å²) in [5.74, 6) is -0.880. The Morgan fingerprint density at radius 3 is 2.04 bits per heavy atom. The van der Waals surface area contributed by atoms with E-state index in [2.05, 4.69) is 21.2 Å². The van der Waals surface area contributed by atoms with Crippen LogP contribution < -0.4 is 9.62 Å². The molecule has 4 aromatic rings. The van der Waals surface area contributed by atoms with Crippen LogP contribution in [0.4, 0.5) is 5.69 Å². The first-order valence-electron chi connectivity index (χ1n) is 14.5. The van der Waals surface area contributed by atoms with Gasteiger partial charge in [-0.1, -0.05) is 94.3 Å². The van der Waals surface area contributed by atoms with E-state index >= 15 is 0 Å². The zero-order chi connectivity index (χ0) is 32.8. The van der Waals surface area contributed by atoms with Crippen molar-refractivity contribution in [3.8, 4) is 0 Å². The second-order valence-electron chi connectivity index (χ2n) is 11.8. The third-order valence-electron chi connectivity index (χ3n) is 7.15. The molecule has 0 aliphatic heterocycles. The van der Waals surface area contributed by atoms with Gasteiger partial charge in [0.05, 0.1) is 10.6 Å². The van der Waals surface area contributed by atoms with Crippen molar-refractivity contribution in [1.29, 1.82) is 0 Å². The summed E-state index contributed by atoms with van der Waals surface area (Å²) in [7, 11) is -4.21. The van der Waals surface area contributed by atoms with Crippen LogP contribution in [0.5, 0.6) is 0 Å². The lowest BCUT2D eigenvalue weighted by molar-refractivity contribution is -0.140. The predicted octanol–water partition coefficient (Wildman–Crippen LogP) is 7.16. The summed E-state index contributed by atoms with van der Waals surface area (Å²) < 4.78 is 30.3. The number of amides is 2. The lowest BCUT2D eigenvalue weighted by atomic mass is 10.0. The first-order chi connectivity index (χ1) is 21.3. The molecule has 0 bridgehead atoms. The molecule has 4 rings (SSSR count). The Morgan fingerprint density at radius 2 is 1.44 bits per heavy atom. The molecule has 0 heterocycles. The number of nitrogens with zero attached hydrogens (tertiary/aromatic N) is 2. The number of halogens is 2. The average Bonchev–Trinajstić information content (AvgIpc) is 3.00. The van der Waals surface area contributed by atoms with E-state index in [9.17, 15) is 18.0 Å². The molecule has 45 heavy (non-hydrogen) atoms. The lowest BCUT2D eigenvalue weighted by Crippen LogP contribution is -2.56. The number of hydrogen-bond donors (Lipinski definition) is 1. The third kappa shape index (κ3) is 8.96. The van der Waals surface area contributed by atoms with Crippen molar-refractivity contribution in [2.24, 2.45) is 0 Å². The summed E-state index contributed by atoms with van der Waals surface area (Å²) in [6.07, 6.45) is 0.229. The van der Waals surface area contributed by atoms with Crippen LogP contribution in [0, 0.1) is 6.92 Å². The van der Waals surface area contributed by atoms with Gasteiger partial charge in [0.15, 0.2) is 0 Å². The highest BCUT2D eigenvalue weighted by atomic mass is 79.9. The van der Waals surface area contributed by atoms with E-state index in [0.717, 1.165) is 19.9 Å². The number of anilines is 1. The maximum Gasteiger partial charge on any atom is 0.264 e. The number of sulfonamides is 1. The quantitative estimate of drug-likeness (QED) is 0.179. The molecule has 0 aliphatic rings. The summed E-state index contributed by atoms with van der Waals surface area (Å²) in [4.78, 5) is 30.0. The standard InChI is InChI=1S/C35H37BrClN3O4S/c1-25-30(37)16-11-17-31(25)40(45(43,44)29-14-9-6-10-15-29)24-33(41)39(23-27-18-20-28(36)21-19-27)32(34(42)38-35(2,3)4)22-26-12-7-5-8-13-26/h5-21,32H,22-24H2,1-4H3,(H,38,42)/t32-/m1/s1. The van der Waals surface area contributed by atoms with Crippen molar-refractivity contribution in [3.63, 3.8) is 0 Å². The maximum absolute atomic E-state index is 14.6. The molecule has 4 aromatic carbocycles. The molecule has 2 amide bonds. The van der Waals surface area contributed by atoms with E-state index in [1.165, 1.54) is 17.0 Å². The normalized spacial score (nSPS) is 12.3. The Labute approximate surface area is 279 Å². The minimum absolute atomic E-state index is 0.0305. The lowest BCUT2D eigenvalue weighted by Gasteiger charge is -2.35. The molecule has 0 aromatic heterocycles. The number of rotatable bonds is 11. The van der Waals surface area contributed by atoms with Crippen LogP contribution in [0.3, 0.4) is 0 Å². The summed E-state index contributed by atoms with van der Waals surface area (Å²) >= 11 is 9.90. The summed E-state index contributed by atoms with van der Waals surface area (Å²) in [5, 5.41) is 3.40. The van der Waals surface area contributed by atoms with Crippen LogP contribution in [-0.4, -0.2) is 43.3 Å². The molecule has 0 aliphatic carbocycles. The van der Waals surface area contributed by atoms with Crippen molar-refractivity contribution in [2.45, 2.75) is 57.1 Å². The highest BCUT2D eigenvalue weighted by Crippen LogP contribution is 2.31. The number of hydrogen-bond acceptors (Lipinski definition) is 4. The minimum atomic E-state index is -4.21. The molecule has 7 nitrogen and oxygen atoms in total. The Bertz CT molecular complexity index is 1730. The molecule has 1 atom stereocenters. The van der Waals surface area contributed by atoms with Gasteiger partial charge in [0.1, 0.15) is 12.6 Å². The molecule has 0 fully saturated rings. The Balaban J connectivity index is 1.84. The van der Waals surface area contributed by atoms with E-state index in [-0.39, 0.29) is 29.5 Å². The fraction of sp³-hybridized carbons (Fsp3) is 0.257. The second-order valence-corrected chi connectivity index (χ2v) is 15.0. The van der Waals surface area contributed by atoms with Gasteiger partial charge in [-0.25, -0.2) is 8.42 Å². The molecule has 1 N–H and O–H groups in total. The molecule has 236 valence electrons. The zero-order valence-electron chi connectivity index (χ0n) is 25.7. The monoisotopic (exact) mass is 709 g/mol. The van der Waals surface area contributed by atoms with E-state index < -0.39 is 34.1 Å². The molecule has 0 radical (unpaired) electrons. The van der Waals surface area contributed by atoms with Crippen LogP contribution in [0.2, 0.25) is 5.02 Å². The van der Waals surface area contributed by atoms with Crippen LogP contribution in [0.1, 0.15) is 37.5 Å². The number of carbonyl (C=O) groups is 2. The molecule has 0 spiro atoms. The predicted molar refractivity (Wildman–Crippen MR) is 184 cm³/mol. The number of benzene rings is 4. The van der Waals surface area contributed by atoms with Gasteiger partial charge in [-0.05, 0) is 80.8 Å². The van der Waals surface area contributed by atoms with Gasteiger partial charge in [0, 0.05) is 28.0 Å². The van der Waals surface area contributed by atoms with Gasteiger partial charge in [-0.3, -0.25) is 13.9 Å². The van der Waals surface area contributed by atoms with E-state index in [0.29, 0.717) is 10.6 Å². The van der Waals surface area contributed by atoms with Gasteiger partial charge in [-0.15, -0.1) is 0 Å². The van der Waals surface area contributed by atoms with Crippen molar-refractivity contribution in [3.05, 3.63) is 129 Å². The SMILES string of the molecule is Cc1c(Cl)cccc1N(CC(=O)N(Cc1ccc(Br)cc1)[C@H](Cc1ccccc1)C(=O)NC(C)(C)C)S(=O)(=O)c1ccccc1. The van der Waals surface area contributed by atoms with Gasteiger partial charge in [-0.2, -0.15) is 0 Å². The fourth-order valence-electron chi connectivity index (χ4n) is 4.89. The molecule has 0 unspecified atom stereocenters.